The van der Waals surface area contributed by atoms with Gasteiger partial charge in [-0.25, -0.2) is 0 Å². The maximum atomic E-state index is 12.2. The first-order valence-electron chi connectivity index (χ1n) is 8.10. The molecule has 0 spiro atoms. The first-order chi connectivity index (χ1) is 12.6. The number of thiol groups is 1. The van der Waals surface area contributed by atoms with Gasteiger partial charge in [-0.15, -0.1) is 0 Å². The van der Waals surface area contributed by atoms with Crippen molar-refractivity contribution < 1.29 is 24.3 Å². The largest absolute Gasteiger partial charge is 0.480 e. The third kappa shape index (κ3) is 10.9. The lowest BCUT2D eigenvalue weighted by atomic mass is 10.1. The van der Waals surface area contributed by atoms with Gasteiger partial charge in [-0.1, -0.05) is 0 Å². The number of carboxylic acid groups (broad SMARTS) is 1. The van der Waals surface area contributed by atoms with E-state index in [1.54, 1.807) is 0 Å². The molecule has 0 fully saturated rings. The molecule has 0 radical (unpaired) electrons. The number of carboxylic acids is 1. The van der Waals surface area contributed by atoms with E-state index in [4.69, 9.17) is 22.3 Å². The van der Waals surface area contributed by atoms with Crippen molar-refractivity contribution in [3.63, 3.8) is 0 Å². The van der Waals surface area contributed by atoms with E-state index in [2.05, 4.69) is 33.6 Å². The van der Waals surface area contributed by atoms with E-state index in [0.717, 1.165) is 0 Å². The van der Waals surface area contributed by atoms with Crippen LogP contribution in [0.5, 0.6) is 0 Å². The average Bonchev–Trinajstić information content (AvgIpc) is 2.60. The molecule has 27 heavy (non-hydrogen) atoms. The van der Waals surface area contributed by atoms with Gasteiger partial charge in [0, 0.05) is 12.3 Å². The highest BCUT2D eigenvalue weighted by Gasteiger charge is 2.25. The maximum Gasteiger partial charge on any atom is 0.322 e. The zero-order valence-electron chi connectivity index (χ0n) is 15.0. The molecule has 154 valence electrons. The van der Waals surface area contributed by atoms with Gasteiger partial charge in [0.2, 0.25) is 17.7 Å². The van der Waals surface area contributed by atoms with Crippen molar-refractivity contribution in [3.8, 4) is 0 Å². The normalized spacial score (nSPS) is 13.6. The number of rotatable bonds is 12. The van der Waals surface area contributed by atoms with Gasteiger partial charge in [-0.05, 0) is 19.8 Å². The van der Waals surface area contributed by atoms with Crippen molar-refractivity contribution in [1.29, 1.82) is 0 Å². The fourth-order valence-electron chi connectivity index (χ4n) is 1.82. The van der Waals surface area contributed by atoms with Gasteiger partial charge in [0.25, 0.3) is 0 Å². The fourth-order valence-corrected chi connectivity index (χ4v) is 1.99. The fraction of sp³-hybridized carbons (Fsp3) is 0.643. The van der Waals surface area contributed by atoms with Gasteiger partial charge in [0.1, 0.15) is 18.6 Å². The highest BCUT2D eigenvalue weighted by molar-refractivity contribution is 7.80. The van der Waals surface area contributed by atoms with Crippen molar-refractivity contribution in [3.05, 3.63) is 0 Å². The van der Waals surface area contributed by atoms with Crippen molar-refractivity contribution in [2.24, 2.45) is 22.2 Å². The molecule has 0 aromatic carbocycles. The summed E-state index contributed by atoms with van der Waals surface area (Å²) in [5.41, 5.74) is 15.9. The number of carbonyl (C=O) groups is 4. The van der Waals surface area contributed by atoms with Crippen LogP contribution in [0.3, 0.4) is 0 Å². The molecule has 10 N–H and O–H groups in total. The minimum absolute atomic E-state index is 0.102. The summed E-state index contributed by atoms with van der Waals surface area (Å²) >= 11 is 3.90. The molecule has 0 aromatic heterocycles. The van der Waals surface area contributed by atoms with Gasteiger partial charge in [-0.2, -0.15) is 12.6 Å². The first kappa shape index (κ1) is 24.5. The summed E-state index contributed by atoms with van der Waals surface area (Å²) in [5, 5.41) is 15.7. The zero-order chi connectivity index (χ0) is 21.0. The number of nitrogens with zero attached hydrogens (tertiary/aromatic N) is 1. The molecular weight excluding hydrogens is 378 g/mol. The minimum Gasteiger partial charge on any atom is -0.480 e. The molecule has 0 heterocycles. The molecule has 0 aromatic rings. The van der Waals surface area contributed by atoms with Crippen LogP contribution in [-0.2, 0) is 19.2 Å². The molecular formula is C14H27N7O5S. The molecule has 0 aliphatic carbocycles. The molecule has 3 atom stereocenters. The van der Waals surface area contributed by atoms with Crippen molar-refractivity contribution in [2.75, 3.05) is 18.8 Å². The third-order valence-electron chi connectivity index (χ3n) is 3.28. The highest BCUT2D eigenvalue weighted by atomic mass is 32.1. The second-order valence-corrected chi connectivity index (χ2v) is 6.01. The molecule has 3 amide bonds. The number of hydrogen-bond acceptors (Lipinski definition) is 7. The van der Waals surface area contributed by atoms with Crippen molar-refractivity contribution in [1.82, 2.24) is 16.0 Å². The Balaban J connectivity index is 4.85. The molecule has 12 nitrogen and oxygen atoms in total. The number of aliphatic carboxylic acids is 1. The summed E-state index contributed by atoms with van der Waals surface area (Å²) in [5.74, 6) is -3.11. The highest BCUT2D eigenvalue weighted by Crippen LogP contribution is 2.00. The van der Waals surface area contributed by atoms with Crippen LogP contribution < -0.4 is 33.2 Å². The first-order valence-corrected chi connectivity index (χ1v) is 8.73. The second-order valence-electron chi connectivity index (χ2n) is 5.64. The lowest BCUT2D eigenvalue weighted by Gasteiger charge is -2.21. The summed E-state index contributed by atoms with van der Waals surface area (Å²) in [7, 11) is 0. The number of guanidine groups is 1. The summed E-state index contributed by atoms with van der Waals surface area (Å²) in [6.07, 6.45) is 0.513. The average molecular weight is 405 g/mol. The molecule has 0 aliphatic heterocycles. The van der Waals surface area contributed by atoms with Crippen LogP contribution in [0.25, 0.3) is 0 Å². The Bertz CT molecular complexity index is 568. The van der Waals surface area contributed by atoms with Crippen LogP contribution in [-0.4, -0.2) is 71.7 Å². The molecule has 3 unspecified atom stereocenters. The number of amides is 3. The Hall–Kier alpha value is -2.54. The Morgan fingerprint density at radius 2 is 1.74 bits per heavy atom. The number of hydrogen-bond donors (Lipinski definition) is 8. The quantitative estimate of drug-likeness (QED) is 0.0703. The van der Waals surface area contributed by atoms with E-state index in [-0.39, 0.29) is 24.7 Å². The Morgan fingerprint density at radius 1 is 1.11 bits per heavy atom. The molecule has 13 heteroatoms. The predicted octanol–water partition coefficient (Wildman–Crippen LogP) is -3.51. The van der Waals surface area contributed by atoms with E-state index >= 15 is 0 Å². The zero-order valence-corrected chi connectivity index (χ0v) is 15.9. The summed E-state index contributed by atoms with van der Waals surface area (Å²) in [6.45, 7) is 1.05. The summed E-state index contributed by atoms with van der Waals surface area (Å²) < 4.78 is 0. The second kappa shape index (κ2) is 12.8. The van der Waals surface area contributed by atoms with E-state index in [0.29, 0.717) is 6.42 Å². The summed E-state index contributed by atoms with van der Waals surface area (Å²) in [6, 6.07) is -2.86. The van der Waals surface area contributed by atoms with E-state index < -0.39 is 48.4 Å². The minimum atomic E-state index is -1.23. The van der Waals surface area contributed by atoms with Crippen LogP contribution in [0, 0.1) is 0 Å². The number of nitrogens with one attached hydrogen (secondary N) is 3. The molecule has 0 saturated heterocycles. The molecule has 0 saturated carbocycles. The Labute approximate surface area is 162 Å². The number of aliphatic imine (C=N–C) groups is 1. The predicted molar refractivity (Wildman–Crippen MR) is 102 cm³/mol. The number of carbonyl (C=O) groups excluding carboxylic acids is 3. The van der Waals surface area contributed by atoms with Crippen LogP contribution in [0.4, 0.5) is 0 Å². The lowest BCUT2D eigenvalue weighted by Crippen LogP contribution is -2.55. The molecule has 0 rings (SSSR count). The maximum absolute atomic E-state index is 12.2. The molecule has 0 aliphatic rings. The monoisotopic (exact) mass is 405 g/mol. The van der Waals surface area contributed by atoms with Gasteiger partial charge in [0.05, 0.1) is 6.04 Å². The van der Waals surface area contributed by atoms with Crippen LogP contribution in [0.2, 0.25) is 0 Å². The third-order valence-corrected chi connectivity index (χ3v) is 3.67. The van der Waals surface area contributed by atoms with Crippen LogP contribution >= 0.6 is 12.6 Å². The van der Waals surface area contributed by atoms with Gasteiger partial charge >= 0.3 is 5.97 Å². The lowest BCUT2D eigenvalue weighted by molar-refractivity contribution is -0.138. The van der Waals surface area contributed by atoms with Crippen LogP contribution in [0.15, 0.2) is 4.99 Å². The van der Waals surface area contributed by atoms with E-state index in [9.17, 15) is 19.2 Å². The van der Waals surface area contributed by atoms with Crippen molar-refractivity contribution in [2.45, 2.75) is 37.9 Å². The van der Waals surface area contributed by atoms with Crippen LogP contribution in [0.1, 0.15) is 19.8 Å². The standard InChI is InChI=1S/C14H27N7O5S/c1-7(20-12(25)8(15)6-27)11(24)21-9(3-2-4-18-14(16)17)13(26)19-5-10(22)23/h7-9,27H,2-6,15H2,1H3,(H,19,26)(H,20,25)(H,21,24)(H,22,23)(H4,16,17,18). The van der Waals surface area contributed by atoms with Gasteiger partial charge < -0.3 is 38.3 Å². The Morgan fingerprint density at radius 3 is 2.26 bits per heavy atom. The van der Waals surface area contributed by atoms with E-state index in [1.165, 1.54) is 6.92 Å². The summed E-state index contributed by atoms with van der Waals surface area (Å²) in [4.78, 5) is 50.4. The number of nitrogens with two attached hydrogens (primary N) is 3. The Kier molecular flexibility index (Phi) is 11.6. The van der Waals surface area contributed by atoms with Gasteiger partial charge in [0.15, 0.2) is 5.96 Å². The SMILES string of the molecule is CC(NC(=O)C(N)CS)C(=O)NC(CCCN=C(N)N)C(=O)NCC(=O)O. The molecule has 0 bridgehead atoms. The van der Waals surface area contributed by atoms with Gasteiger partial charge in [-0.3, -0.25) is 24.2 Å². The van der Waals surface area contributed by atoms with E-state index in [1.807, 2.05) is 0 Å². The topological polar surface area (TPSA) is 215 Å². The van der Waals surface area contributed by atoms with Crippen molar-refractivity contribution >= 4 is 42.3 Å². The smallest absolute Gasteiger partial charge is 0.322 e.